The number of aryl methyl sites for hydroxylation is 1. The largest absolute Gasteiger partial charge is 0.383 e. The summed E-state index contributed by atoms with van der Waals surface area (Å²) in [7, 11) is 0. The van der Waals surface area contributed by atoms with E-state index in [0.717, 1.165) is 30.8 Å². The maximum atomic E-state index is 5.82. The normalized spacial score (nSPS) is 10.6. The molecule has 0 fully saturated rings. The van der Waals surface area contributed by atoms with Gasteiger partial charge in [-0.2, -0.15) is 0 Å². The predicted molar refractivity (Wildman–Crippen MR) is 64.0 cm³/mol. The molecule has 0 aliphatic rings. The van der Waals surface area contributed by atoms with E-state index in [-0.39, 0.29) is 0 Å². The highest BCUT2D eigenvalue weighted by molar-refractivity contribution is 5.38. The van der Waals surface area contributed by atoms with Crippen molar-refractivity contribution in [3.05, 3.63) is 42.1 Å². The van der Waals surface area contributed by atoms with Crippen molar-refractivity contribution in [1.29, 1.82) is 0 Å². The van der Waals surface area contributed by atoms with Gasteiger partial charge in [-0.05, 0) is 12.5 Å². The Bertz CT molecular complexity index is 462. The SMILES string of the molecule is CCCc1nccn1Cc1cccnc1N. The van der Waals surface area contributed by atoms with Crippen molar-refractivity contribution < 1.29 is 0 Å². The monoisotopic (exact) mass is 216 g/mol. The first kappa shape index (κ1) is 10.7. The summed E-state index contributed by atoms with van der Waals surface area (Å²) in [6, 6.07) is 3.90. The molecule has 4 nitrogen and oxygen atoms in total. The van der Waals surface area contributed by atoms with E-state index in [0.29, 0.717) is 5.82 Å². The third-order valence-electron chi connectivity index (χ3n) is 2.54. The lowest BCUT2D eigenvalue weighted by Crippen LogP contribution is -2.07. The first-order valence-electron chi connectivity index (χ1n) is 5.50. The van der Waals surface area contributed by atoms with E-state index in [9.17, 15) is 0 Å². The molecule has 0 aromatic carbocycles. The number of nitrogen functional groups attached to an aromatic ring is 1. The molecule has 4 heteroatoms. The molecule has 0 amide bonds. The van der Waals surface area contributed by atoms with E-state index in [2.05, 4.69) is 21.5 Å². The summed E-state index contributed by atoms with van der Waals surface area (Å²) in [5, 5.41) is 0. The Morgan fingerprint density at radius 2 is 2.19 bits per heavy atom. The molecule has 2 aromatic rings. The fraction of sp³-hybridized carbons (Fsp3) is 0.333. The zero-order chi connectivity index (χ0) is 11.4. The van der Waals surface area contributed by atoms with Gasteiger partial charge in [-0.25, -0.2) is 9.97 Å². The van der Waals surface area contributed by atoms with Crippen molar-refractivity contribution in [2.75, 3.05) is 5.73 Å². The molecular formula is C12H16N4. The van der Waals surface area contributed by atoms with Crippen LogP contribution in [0.25, 0.3) is 0 Å². The Morgan fingerprint density at radius 1 is 1.31 bits per heavy atom. The highest BCUT2D eigenvalue weighted by atomic mass is 15.1. The second-order valence-electron chi connectivity index (χ2n) is 3.77. The van der Waals surface area contributed by atoms with Gasteiger partial charge in [0, 0.05) is 30.6 Å². The topological polar surface area (TPSA) is 56.7 Å². The van der Waals surface area contributed by atoms with Gasteiger partial charge >= 0.3 is 0 Å². The minimum atomic E-state index is 0.596. The van der Waals surface area contributed by atoms with E-state index in [1.807, 2.05) is 24.5 Å². The van der Waals surface area contributed by atoms with Crippen LogP contribution in [0.15, 0.2) is 30.7 Å². The van der Waals surface area contributed by atoms with Crippen LogP contribution < -0.4 is 5.73 Å². The predicted octanol–water partition coefficient (Wildman–Crippen LogP) is 1.86. The van der Waals surface area contributed by atoms with Gasteiger partial charge in [-0.15, -0.1) is 0 Å². The average Bonchev–Trinajstić information content (AvgIpc) is 2.70. The minimum Gasteiger partial charge on any atom is -0.383 e. The zero-order valence-corrected chi connectivity index (χ0v) is 9.43. The number of rotatable bonds is 4. The highest BCUT2D eigenvalue weighted by Crippen LogP contribution is 2.11. The number of nitrogens with zero attached hydrogens (tertiary/aromatic N) is 3. The molecule has 2 heterocycles. The zero-order valence-electron chi connectivity index (χ0n) is 9.43. The molecule has 2 N–H and O–H groups in total. The Morgan fingerprint density at radius 3 is 2.94 bits per heavy atom. The molecule has 0 unspecified atom stereocenters. The number of anilines is 1. The summed E-state index contributed by atoms with van der Waals surface area (Å²) in [5.41, 5.74) is 6.86. The van der Waals surface area contributed by atoms with Gasteiger partial charge in [-0.3, -0.25) is 0 Å². The van der Waals surface area contributed by atoms with Crippen LogP contribution in [-0.2, 0) is 13.0 Å². The van der Waals surface area contributed by atoms with Gasteiger partial charge < -0.3 is 10.3 Å². The van der Waals surface area contributed by atoms with Crippen molar-refractivity contribution >= 4 is 5.82 Å². The molecule has 0 radical (unpaired) electrons. The maximum absolute atomic E-state index is 5.82. The Balaban J connectivity index is 2.20. The van der Waals surface area contributed by atoms with Crippen LogP contribution in [-0.4, -0.2) is 14.5 Å². The third-order valence-corrected chi connectivity index (χ3v) is 2.54. The number of pyridine rings is 1. The first-order chi connectivity index (χ1) is 7.81. The summed E-state index contributed by atoms with van der Waals surface area (Å²) < 4.78 is 2.12. The molecule has 0 spiro atoms. The molecule has 2 rings (SSSR count). The Kier molecular flexibility index (Phi) is 3.19. The molecule has 0 saturated carbocycles. The van der Waals surface area contributed by atoms with Crippen LogP contribution >= 0.6 is 0 Å². The smallest absolute Gasteiger partial charge is 0.128 e. The van der Waals surface area contributed by atoms with Gasteiger partial charge in [0.05, 0.1) is 6.54 Å². The fourth-order valence-corrected chi connectivity index (χ4v) is 1.70. The highest BCUT2D eigenvalue weighted by Gasteiger charge is 2.04. The second kappa shape index (κ2) is 4.79. The molecule has 84 valence electrons. The van der Waals surface area contributed by atoms with Crippen LogP contribution in [0.1, 0.15) is 24.7 Å². The van der Waals surface area contributed by atoms with Crippen LogP contribution in [0.2, 0.25) is 0 Å². The van der Waals surface area contributed by atoms with Crippen molar-refractivity contribution in [2.24, 2.45) is 0 Å². The van der Waals surface area contributed by atoms with E-state index < -0.39 is 0 Å². The molecular weight excluding hydrogens is 200 g/mol. The van der Waals surface area contributed by atoms with Crippen molar-refractivity contribution in [3.63, 3.8) is 0 Å². The molecule has 0 atom stereocenters. The van der Waals surface area contributed by atoms with Crippen LogP contribution in [0, 0.1) is 0 Å². The number of imidazole rings is 1. The van der Waals surface area contributed by atoms with Crippen LogP contribution in [0.5, 0.6) is 0 Å². The van der Waals surface area contributed by atoms with E-state index >= 15 is 0 Å². The number of aromatic nitrogens is 3. The Labute approximate surface area is 95.1 Å². The summed E-state index contributed by atoms with van der Waals surface area (Å²) in [6.07, 6.45) is 7.61. The summed E-state index contributed by atoms with van der Waals surface area (Å²) in [5.74, 6) is 1.70. The average molecular weight is 216 g/mol. The minimum absolute atomic E-state index is 0.596. The lowest BCUT2D eigenvalue weighted by atomic mass is 10.2. The van der Waals surface area contributed by atoms with Gasteiger partial charge in [0.2, 0.25) is 0 Å². The van der Waals surface area contributed by atoms with E-state index in [4.69, 9.17) is 5.73 Å². The second-order valence-corrected chi connectivity index (χ2v) is 3.77. The van der Waals surface area contributed by atoms with Crippen molar-refractivity contribution in [2.45, 2.75) is 26.3 Å². The number of nitrogens with two attached hydrogens (primary N) is 1. The van der Waals surface area contributed by atoms with Crippen molar-refractivity contribution in [1.82, 2.24) is 14.5 Å². The van der Waals surface area contributed by atoms with E-state index in [1.54, 1.807) is 6.20 Å². The first-order valence-corrected chi connectivity index (χ1v) is 5.50. The number of hydrogen-bond acceptors (Lipinski definition) is 3. The molecule has 0 bridgehead atoms. The van der Waals surface area contributed by atoms with E-state index in [1.165, 1.54) is 0 Å². The third kappa shape index (κ3) is 2.21. The van der Waals surface area contributed by atoms with Gasteiger partial charge in [-0.1, -0.05) is 13.0 Å². The Hall–Kier alpha value is -1.84. The molecule has 0 saturated heterocycles. The van der Waals surface area contributed by atoms with Gasteiger partial charge in [0.25, 0.3) is 0 Å². The molecule has 16 heavy (non-hydrogen) atoms. The lowest BCUT2D eigenvalue weighted by Gasteiger charge is -2.08. The van der Waals surface area contributed by atoms with Crippen molar-refractivity contribution in [3.8, 4) is 0 Å². The maximum Gasteiger partial charge on any atom is 0.128 e. The lowest BCUT2D eigenvalue weighted by molar-refractivity contribution is 0.705. The molecule has 2 aromatic heterocycles. The fourth-order valence-electron chi connectivity index (χ4n) is 1.70. The van der Waals surface area contributed by atoms with Gasteiger partial charge in [0.1, 0.15) is 11.6 Å². The van der Waals surface area contributed by atoms with Crippen LogP contribution in [0.4, 0.5) is 5.82 Å². The summed E-state index contributed by atoms with van der Waals surface area (Å²) in [4.78, 5) is 8.41. The molecule has 0 aliphatic heterocycles. The summed E-state index contributed by atoms with van der Waals surface area (Å²) >= 11 is 0. The molecule has 0 aliphatic carbocycles. The van der Waals surface area contributed by atoms with Crippen LogP contribution in [0.3, 0.4) is 0 Å². The quantitative estimate of drug-likeness (QED) is 0.848. The summed E-state index contributed by atoms with van der Waals surface area (Å²) in [6.45, 7) is 2.90. The standard InChI is InChI=1S/C12H16N4/c1-2-4-11-14-7-8-16(11)9-10-5-3-6-15-12(10)13/h3,5-8H,2,4,9H2,1H3,(H2,13,15). The number of hydrogen-bond donors (Lipinski definition) is 1. The van der Waals surface area contributed by atoms with Gasteiger partial charge in [0.15, 0.2) is 0 Å².